The second-order valence-corrected chi connectivity index (χ2v) is 9.70. The van der Waals surface area contributed by atoms with E-state index < -0.39 is 0 Å². The summed E-state index contributed by atoms with van der Waals surface area (Å²) in [4.78, 5) is 5.35. The smallest absolute Gasteiger partial charge is 0.114 e. The molecule has 0 atom stereocenters. The summed E-state index contributed by atoms with van der Waals surface area (Å²) in [6.45, 7) is 13.2. The molecule has 5 heteroatoms. The minimum Gasteiger partial charge on any atom is -0.172 e. The maximum Gasteiger partial charge on any atom is 0.114 e. The summed E-state index contributed by atoms with van der Waals surface area (Å²) in [7, 11) is 0. The van der Waals surface area contributed by atoms with Crippen LogP contribution in [0.1, 0.15) is 32.0 Å². The molecule has 4 aromatic rings. The SMILES string of the molecule is Cc1cc(-c2c(C)c(C)c(-c3cc(C)c(C)s3)c3nsnc23)sc1C. The predicted octanol–water partition coefficient (Wildman–Crippen LogP) is 7.00. The van der Waals surface area contributed by atoms with Gasteiger partial charge in [-0.15, -0.1) is 22.7 Å². The van der Waals surface area contributed by atoms with Crippen molar-refractivity contribution in [1.29, 1.82) is 0 Å². The van der Waals surface area contributed by atoms with Crippen molar-refractivity contribution < 1.29 is 0 Å². The van der Waals surface area contributed by atoms with Crippen molar-refractivity contribution in [2.75, 3.05) is 0 Å². The molecule has 128 valence electrons. The van der Waals surface area contributed by atoms with Gasteiger partial charge in [-0.05, 0) is 75.9 Å². The van der Waals surface area contributed by atoms with Crippen LogP contribution >= 0.6 is 34.4 Å². The molecule has 0 amide bonds. The fourth-order valence-corrected chi connectivity index (χ4v) is 6.08. The van der Waals surface area contributed by atoms with E-state index in [9.17, 15) is 0 Å². The Hall–Kier alpha value is -1.56. The molecule has 1 aromatic carbocycles. The van der Waals surface area contributed by atoms with Gasteiger partial charge in [0.15, 0.2) is 0 Å². The molecule has 0 bridgehead atoms. The van der Waals surface area contributed by atoms with Crippen molar-refractivity contribution >= 4 is 45.4 Å². The van der Waals surface area contributed by atoms with Crippen LogP contribution in [0.3, 0.4) is 0 Å². The van der Waals surface area contributed by atoms with Crippen LogP contribution in [-0.2, 0) is 0 Å². The molecule has 0 spiro atoms. The van der Waals surface area contributed by atoms with Crippen LogP contribution < -0.4 is 0 Å². The van der Waals surface area contributed by atoms with Crippen molar-refractivity contribution in [2.45, 2.75) is 41.5 Å². The fourth-order valence-electron chi connectivity index (χ4n) is 3.24. The lowest BCUT2D eigenvalue weighted by atomic mass is 9.93. The zero-order valence-electron chi connectivity index (χ0n) is 15.3. The number of aryl methyl sites for hydroxylation is 4. The topological polar surface area (TPSA) is 25.8 Å². The molecule has 0 N–H and O–H groups in total. The number of fused-ring (bicyclic) bond motifs is 1. The maximum absolute atomic E-state index is 4.69. The molecule has 0 aliphatic rings. The normalized spacial score (nSPS) is 11.6. The van der Waals surface area contributed by atoms with E-state index in [0.717, 1.165) is 11.0 Å². The summed E-state index contributed by atoms with van der Waals surface area (Å²) in [5.74, 6) is 0. The number of aromatic nitrogens is 2. The van der Waals surface area contributed by atoms with Crippen molar-refractivity contribution in [3.63, 3.8) is 0 Å². The molecule has 0 radical (unpaired) electrons. The minimum absolute atomic E-state index is 1.05. The van der Waals surface area contributed by atoms with Gasteiger partial charge in [-0.1, -0.05) is 0 Å². The Labute approximate surface area is 160 Å². The van der Waals surface area contributed by atoms with Crippen molar-refractivity contribution in [1.82, 2.24) is 8.75 Å². The molecule has 3 heterocycles. The lowest BCUT2D eigenvalue weighted by Gasteiger charge is -2.13. The Morgan fingerprint density at radius 2 is 1.04 bits per heavy atom. The first-order valence-electron chi connectivity index (χ1n) is 8.28. The third-order valence-electron chi connectivity index (χ3n) is 5.10. The second kappa shape index (κ2) is 6.01. The van der Waals surface area contributed by atoms with Crippen LogP contribution in [-0.4, -0.2) is 8.75 Å². The molecule has 4 rings (SSSR count). The predicted molar refractivity (Wildman–Crippen MR) is 112 cm³/mol. The first-order chi connectivity index (χ1) is 11.9. The largest absolute Gasteiger partial charge is 0.172 e. The zero-order chi connectivity index (χ0) is 17.9. The summed E-state index contributed by atoms with van der Waals surface area (Å²) in [6.07, 6.45) is 0. The van der Waals surface area contributed by atoms with E-state index in [2.05, 4.69) is 53.7 Å². The Morgan fingerprint density at radius 3 is 1.36 bits per heavy atom. The monoisotopic (exact) mass is 384 g/mol. The van der Waals surface area contributed by atoms with Crippen LogP contribution in [0.5, 0.6) is 0 Å². The number of rotatable bonds is 2. The van der Waals surface area contributed by atoms with Gasteiger partial charge < -0.3 is 0 Å². The Bertz CT molecular complexity index is 987. The zero-order valence-corrected chi connectivity index (χ0v) is 17.7. The van der Waals surface area contributed by atoms with Crippen LogP contribution in [0.25, 0.3) is 31.9 Å². The highest BCUT2D eigenvalue weighted by Gasteiger charge is 2.22. The third-order valence-corrected chi connectivity index (χ3v) is 7.97. The average molecular weight is 385 g/mol. The third kappa shape index (κ3) is 2.57. The molecule has 2 nitrogen and oxygen atoms in total. The summed E-state index contributed by atoms with van der Waals surface area (Å²) in [5, 5.41) is 0. The lowest BCUT2D eigenvalue weighted by molar-refractivity contribution is 1.36. The number of hydrogen-bond donors (Lipinski definition) is 0. The minimum atomic E-state index is 1.05. The van der Waals surface area contributed by atoms with Gasteiger partial charge >= 0.3 is 0 Å². The van der Waals surface area contributed by atoms with Crippen molar-refractivity contribution in [3.05, 3.63) is 44.1 Å². The standard InChI is InChI=1S/C20H20N2S3/c1-9-7-15(23-13(9)5)17-11(3)12(4)18(20-19(17)21-25-22-20)16-8-10(2)14(6)24-16/h7-8H,1-6H3. The first kappa shape index (κ1) is 16.9. The molecule has 0 fully saturated rings. The Kier molecular flexibility index (Phi) is 4.06. The average Bonchev–Trinajstić information content (AvgIpc) is 3.23. The molecular formula is C20H20N2S3. The first-order valence-corrected chi connectivity index (χ1v) is 10.6. The quantitative estimate of drug-likeness (QED) is 0.372. The van der Waals surface area contributed by atoms with Crippen molar-refractivity contribution in [3.8, 4) is 20.9 Å². The summed E-state index contributed by atoms with van der Waals surface area (Å²) in [5.41, 5.74) is 9.96. The van der Waals surface area contributed by atoms with E-state index in [4.69, 9.17) is 8.75 Å². The van der Waals surface area contributed by atoms with Gasteiger partial charge in [-0.2, -0.15) is 8.75 Å². The fraction of sp³-hybridized carbons (Fsp3) is 0.300. The van der Waals surface area contributed by atoms with Crippen LogP contribution in [0, 0.1) is 41.5 Å². The Balaban J connectivity index is 2.07. The second-order valence-electron chi connectivity index (χ2n) is 6.66. The van der Waals surface area contributed by atoms with Crippen LogP contribution in [0.2, 0.25) is 0 Å². The molecule has 3 aromatic heterocycles. The van der Waals surface area contributed by atoms with E-state index >= 15 is 0 Å². The van der Waals surface area contributed by atoms with Gasteiger partial charge in [-0.25, -0.2) is 0 Å². The van der Waals surface area contributed by atoms with Crippen LogP contribution in [0.15, 0.2) is 12.1 Å². The summed E-state index contributed by atoms with van der Waals surface area (Å²) in [6, 6.07) is 4.58. The molecule has 0 aliphatic carbocycles. The van der Waals surface area contributed by atoms with E-state index in [-0.39, 0.29) is 0 Å². The summed E-state index contributed by atoms with van der Waals surface area (Å²) < 4.78 is 9.39. The molecule has 25 heavy (non-hydrogen) atoms. The van der Waals surface area contributed by atoms with E-state index in [1.54, 1.807) is 0 Å². The number of hydrogen-bond acceptors (Lipinski definition) is 5. The highest BCUT2D eigenvalue weighted by Crippen LogP contribution is 2.44. The number of benzene rings is 1. The van der Waals surface area contributed by atoms with Crippen molar-refractivity contribution in [2.24, 2.45) is 0 Å². The van der Waals surface area contributed by atoms with Gasteiger partial charge in [0.05, 0.1) is 11.7 Å². The van der Waals surface area contributed by atoms with Gasteiger partial charge in [-0.3, -0.25) is 0 Å². The van der Waals surface area contributed by atoms with Crippen LogP contribution in [0.4, 0.5) is 0 Å². The molecule has 0 saturated heterocycles. The van der Waals surface area contributed by atoms with E-state index in [0.29, 0.717) is 0 Å². The molecule has 0 unspecified atom stereocenters. The Morgan fingerprint density at radius 1 is 0.640 bits per heavy atom. The molecular weight excluding hydrogens is 364 g/mol. The number of nitrogens with zero attached hydrogens (tertiary/aromatic N) is 2. The summed E-state index contributed by atoms with van der Waals surface area (Å²) >= 11 is 5.03. The van der Waals surface area contributed by atoms with Gasteiger partial charge in [0.2, 0.25) is 0 Å². The highest BCUT2D eigenvalue weighted by molar-refractivity contribution is 7.16. The van der Waals surface area contributed by atoms with Gasteiger partial charge in [0, 0.05) is 30.6 Å². The van der Waals surface area contributed by atoms with Gasteiger partial charge in [0.25, 0.3) is 0 Å². The highest BCUT2D eigenvalue weighted by atomic mass is 32.1. The van der Waals surface area contributed by atoms with E-state index in [1.165, 1.54) is 64.6 Å². The van der Waals surface area contributed by atoms with Gasteiger partial charge in [0.1, 0.15) is 11.0 Å². The maximum atomic E-state index is 4.69. The number of thiophene rings is 2. The molecule has 0 aliphatic heterocycles. The molecule has 0 saturated carbocycles. The van der Waals surface area contributed by atoms with E-state index in [1.807, 2.05) is 22.7 Å². The lowest BCUT2D eigenvalue weighted by Crippen LogP contribution is -1.93.